The molecule has 0 bridgehead atoms. The van der Waals surface area contributed by atoms with Crippen LogP contribution in [0.4, 0.5) is 10.2 Å². The van der Waals surface area contributed by atoms with Crippen LogP contribution in [0.1, 0.15) is 27.2 Å². The van der Waals surface area contributed by atoms with Gasteiger partial charge in [0.25, 0.3) is 0 Å². The molecule has 0 saturated carbocycles. The van der Waals surface area contributed by atoms with Gasteiger partial charge in [-0.3, -0.25) is 4.98 Å². The van der Waals surface area contributed by atoms with Crippen molar-refractivity contribution >= 4 is 16.9 Å². The molecule has 2 aromatic heterocycles. The van der Waals surface area contributed by atoms with E-state index in [2.05, 4.69) is 15.0 Å². The Morgan fingerprint density at radius 1 is 1.14 bits per heavy atom. The zero-order valence-electron chi connectivity index (χ0n) is 13.2. The third-order valence-corrected chi connectivity index (χ3v) is 3.55. The second-order valence-corrected chi connectivity index (χ2v) is 6.65. The molecule has 0 spiro atoms. The second-order valence-electron chi connectivity index (χ2n) is 6.65. The number of ether oxygens (including phenoxy) is 1. The summed E-state index contributed by atoms with van der Waals surface area (Å²) in [6.07, 6.45) is 4.30. The van der Waals surface area contributed by atoms with E-state index in [1.807, 2.05) is 31.7 Å². The number of alkyl halides is 1. The number of hydrogen-bond acceptors (Lipinski definition) is 5. The lowest BCUT2D eigenvalue weighted by molar-refractivity contribution is -0.0726. The summed E-state index contributed by atoms with van der Waals surface area (Å²) in [4.78, 5) is 14.9. The van der Waals surface area contributed by atoms with Crippen molar-refractivity contribution in [2.75, 3.05) is 18.0 Å². The van der Waals surface area contributed by atoms with Crippen LogP contribution in [-0.4, -0.2) is 45.9 Å². The Labute approximate surface area is 129 Å². The van der Waals surface area contributed by atoms with Gasteiger partial charge in [0.2, 0.25) is 0 Å². The van der Waals surface area contributed by atoms with Crippen LogP contribution in [0, 0.1) is 0 Å². The molecule has 2 aromatic rings. The van der Waals surface area contributed by atoms with Gasteiger partial charge in [-0.15, -0.1) is 0 Å². The SMILES string of the molecule is CC(C)(C)O[C@@H]1C[C@@H](F)CN(c2nccc3nccnc23)C1. The maximum Gasteiger partial charge on any atom is 0.156 e. The van der Waals surface area contributed by atoms with Crippen LogP contribution in [-0.2, 0) is 4.74 Å². The van der Waals surface area contributed by atoms with Crippen molar-refractivity contribution in [1.29, 1.82) is 0 Å². The molecule has 6 heteroatoms. The van der Waals surface area contributed by atoms with Gasteiger partial charge < -0.3 is 9.64 Å². The zero-order valence-corrected chi connectivity index (χ0v) is 13.2. The molecule has 1 fully saturated rings. The summed E-state index contributed by atoms with van der Waals surface area (Å²) in [5.74, 6) is 0.676. The minimum Gasteiger partial charge on any atom is -0.371 e. The van der Waals surface area contributed by atoms with E-state index in [1.165, 1.54) is 0 Å². The van der Waals surface area contributed by atoms with Crippen molar-refractivity contribution in [1.82, 2.24) is 15.0 Å². The number of aromatic nitrogens is 3. The summed E-state index contributed by atoms with van der Waals surface area (Å²) in [6.45, 7) is 6.88. The predicted molar refractivity (Wildman–Crippen MR) is 83.7 cm³/mol. The van der Waals surface area contributed by atoms with Crippen LogP contribution in [0.15, 0.2) is 24.7 Å². The van der Waals surface area contributed by atoms with Crippen LogP contribution in [0.25, 0.3) is 11.0 Å². The van der Waals surface area contributed by atoms with Gasteiger partial charge >= 0.3 is 0 Å². The largest absolute Gasteiger partial charge is 0.371 e. The average Bonchev–Trinajstić information content (AvgIpc) is 2.44. The third kappa shape index (κ3) is 3.32. The summed E-state index contributed by atoms with van der Waals surface area (Å²) in [6, 6.07) is 1.81. The van der Waals surface area contributed by atoms with E-state index in [0.29, 0.717) is 30.8 Å². The number of piperidine rings is 1. The van der Waals surface area contributed by atoms with Crippen molar-refractivity contribution in [3.8, 4) is 0 Å². The highest BCUT2D eigenvalue weighted by molar-refractivity contribution is 5.85. The fourth-order valence-electron chi connectivity index (χ4n) is 2.87. The molecular weight excluding hydrogens is 283 g/mol. The molecule has 1 aliphatic rings. The molecule has 118 valence electrons. The fraction of sp³-hybridized carbons (Fsp3) is 0.562. The molecule has 0 N–H and O–H groups in total. The first-order valence-electron chi connectivity index (χ1n) is 7.55. The molecular formula is C16H21FN4O. The molecule has 5 nitrogen and oxygen atoms in total. The van der Waals surface area contributed by atoms with Crippen molar-refractivity contribution in [2.24, 2.45) is 0 Å². The average molecular weight is 304 g/mol. The standard InChI is InChI=1S/C16H21FN4O/c1-16(2,3)22-12-8-11(17)9-21(10-12)15-14-13(4-5-20-15)18-6-7-19-14/h4-7,11-12H,8-10H2,1-3H3/t11-,12-/m1/s1. The van der Waals surface area contributed by atoms with E-state index in [9.17, 15) is 4.39 Å². The third-order valence-electron chi connectivity index (χ3n) is 3.55. The van der Waals surface area contributed by atoms with E-state index < -0.39 is 6.17 Å². The number of anilines is 1. The maximum absolute atomic E-state index is 14.2. The predicted octanol–water partition coefficient (Wildman–Crippen LogP) is 2.76. The molecule has 0 aromatic carbocycles. The molecule has 2 atom stereocenters. The van der Waals surface area contributed by atoms with Gasteiger partial charge in [-0.2, -0.15) is 0 Å². The highest BCUT2D eigenvalue weighted by Crippen LogP contribution is 2.27. The summed E-state index contributed by atoms with van der Waals surface area (Å²) in [5.41, 5.74) is 1.18. The number of nitrogens with zero attached hydrogens (tertiary/aromatic N) is 4. The first-order valence-corrected chi connectivity index (χ1v) is 7.55. The first-order chi connectivity index (χ1) is 10.4. The van der Waals surface area contributed by atoms with Crippen molar-refractivity contribution in [3.05, 3.63) is 24.7 Å². The fourth-order valence-corrected chi connectivity index (χ4v) is 2.87. The normalized spacial score (nSPS) is 23.0. The molecule has 0 radical (unpaired) electrons. The highest BCUT2D eigenvalue weighted by Gasteiger charge is 2.32. The number of halogens is 1. The summed E-state index contributed by atoms with van der Waals surface area (Å²) < 4.78 is 20.1. The lowest BCUT2D eigenvalue weighted by Crippen LogP contribution is -2.47. The lowest BCUT2D eigenvalue weighted by Gasteiger charge is -2.38. The topological polar surface area (TPSA) is 51.1 Å². The monoisotopic (exact) mass is 304 g/mol. The van der Waals surface area contributed by atoms with Crippen molar-refractivity contribution < 1.29 is 9.13 Å². The smallest absolute Gasteiger partial charge is 0.156 e. The van der Waals surface area contributed by atoms with E-state index in [1.54, 1.807) is 18.6 Å². The molecule has 1 saturated heterocycles. The van der Waals surface area contributed by atoms with Gasteiger partial charge in [-0.25, -0.2) is 14.4 Å². The van der Waals surface area contributed by atoms with Crippen LogP contribution in [0.2, 0.25) is 0 Å². The Morgan fingerprint density at radius 3 is 2.68 bits per heavy atom. The van der Waals surface area contributed by atoms with E-state index >= 15 is 0 Å². The molecule has 3 rings (SSSR count). The molecule has 22 heavy (non-hydrogen) atoms. The first kappa shape index (κ1) is 15.1. The van der Waals surface area contributed by atoms with E-state index in [4.69, 9.17) is 4.74 Å². The lowest BCUT2D eigenvalue weighted by atomic mass is 10.0. The van der Waals surface area contributed by atoms with Gasteiger partial charge in [0.15, 0.2) is 5.82 Å². The minimum atomic E-state index is -0.935. The second kappa shape index (κ2) is 5.76. The highest BCUT2D eigenvalue weighted by atomic mass is 19.1. The van der Waals surface area contributed by atoms with Crippen molar-refractivity contribution in [3.63, 3.8) is 0 Å². The van der Waals surface area contributed by atoms with Gasteiger partial charge in [-0.05, 0) is 26.8 Å². The molecule has 3 heterocycles. The van der Waals surface area contributed by atoms with Gasteiger partial charge in [0, 0.05) is 31.6 Å². The van der Waals surface area contributed by atoms with Gasteiger partial charge in [-0.1, -0.05) is 0 Å². The van der Waals surface area contributed by atoms with E-state index in [0.717, 1.165) is 5.52 Å². The van der Waals surface area contributed by atoms with E-state index in [-0.39, 0.29) is 11.7 Å². The summed E-state index contributed by atoms with van der Waals surface area (Å²) in [7, 11) is 0. The molecule has 0 aliphatic carbocycles. The van der Waals surface area contributed by atoms with Crippen LogP contribution >= 0.6 is 0 Å². The summed E-state index contributed by atoms with van der Waals surface area (Å²) >= 11 is 0. The molecule has 0 unspecified atom stereocenters. The van der Waals surface area contributed by atoms with Crippen LogP contribution < -0.4 is 4.90 Å². The minimum absolute atomic E-state index is 0.155. The molecule has 1 aliphatic heterocycles. The number of pyridine rings is 1. The summed E-state index contributed by atoms with van der Waals surface area (Å²) in [5, 5.41) is 0. The number of rotatable bonds is 2. The maximum atomic E-state index is 14.2. The molecule has 0 amide bonds. The number of fused-ring (bicyclic) bond motifs is 1. The Bertz CT molecular complexity index is 653. The quantitative estimate of drug-likeness (QED) is 0.854. The Kier molecular flexibility index (Phi) is 3.95. The van der Waals surface area contributed by atoms with Crippen molar-refractivity contribution in [2.45, 2.75) is 45.1 Å². The van der Waals surface area contributed by atoms with Gasteiger partial charge in [0.05, 0.1) is 23.8 Å². The van der Waals surface area contributed by atoms with Crippen LogP contribution in [0.5, 0.6) is 0 Å². The Balaban J connectivity index is 1.89. The van der Waals surface area contributed by atoms with Crippen LogP contribution in [0.3, 0.4) is 0 Å². The van der Waals surface area contributed by atoms with Gasteiger partial charge in [0.1, 0.15) is 11.7 Å². The Morgan fingerprint density at radius 2 is 1.91 bits per heavy atom. The zero-order chi connectivity index (χ0) is 15.7. The number of hydrogen-bond donors (Lipinski definition) is 0. The Hall–Kier alpha value is -1.82.